The summed E-state index contributed by atoms with van der Waals surface area (Å²) in [4.78, 5) is 12.2. The molecule has 0 aromatic heterocycles. The van der Waals surface area contributed by atoms with Gasteiger partial charge in [-0.15, -0.1) is 0 Å². The summed E-state index contributed by atoms with van der Waals surface area (Å²) in [5, 5.41) is 6.20. The summed E-state index contributed by atoms with van der Waals surface area (Å²) in [6, 6.07) is 8.66. The molecule has 1 aromatic rings. The van der Waals surface area contributed by atoms with E-state index in [4.69, 9.17) is 4.74 Å². The quantitative estimate of drug-likeness (QED) is 0.876. The molecule has 3 atom stereocenters. The summed E-state index contributed by atoms with van der Waals surface area (Å²) in [6.45, 7) is 4.94. The number of carbonyl (C=O) groups excluding carboxylic acids is 1. The first-order chi connectivity index (χ1) is 11.1. The zero-order valence-corrected chi connectivity index (χ0v) is 14.2. The van der Waals surface area contributed by atoms with Gasteiger partial charge in [-0.3, -0.25) is 0 Å². The van der Waals surface area contributed by atoms with E-state index in [0.29, 0.717) is 6.10 Å². The molecule has 1 aliphatic heterocycles. The number of hydrogen-bond donors (Lipinski definition) is 2. The van der Waals surface area contributed by atoms with E-state index in [1.165, 1.54) is 24.0 Å². The van der Waals surface area contributed by atoms with Gasteiger partial charge in [0.1, 0.15) is 0 Å². The number of amides is 2. The smallest absolute Gasteiger partial charge is 0.315 e. The van der Waals surface area contributed by atoms with Gasteiger partial charge in [0.05, 0.1) is 6.10 Å². The SMILES string of the molecule is Cc1ccccc1CC(C)NC(=O)NC1CCOC(C2CC2)C1. The molecule has 2 N–H and O–H groups in total. The lowest BCUT2D eigenvalue weighted by Crippen LogP contribution is -2.49. The summed E-state index contributed by atoms with van der Waals surface area (Å²) in [5.74, 6) is 0.739. The zero-order chi connectivity index (χ0) is 16.2. The van der Waals surface area contributed by atoms with E-state index in [2.05, 4.69) is 42.7 Å². The molecule has 3 unspecified atom stereocenters. The molecule has 0 spiro atoms. The van der Waals surface area contributed by atoms with Crippen molar-refractivity contribution in [3.8, 4) is 0 Å². The molecule has 1 aliphatic carbocycles. The maximum atomic E-state index is 12.2. The predicted octanol–water partition coefficient (Wildman–Crippen LogP) is 3.18. The van der Waals surface area contributed by atoms with Gasteiger partial charge in [0.2, 0.25) is 0 Å². The van der Waals surface area contributed by atoms with Crippen LogP contribution in [0.2, 0.25) is 0 Å². The Morgan fingerprint density at radius 3 is 2.83 bits per heavy atom. The number of ether oxygens (including phenoxy) is 1. The van der Waals surface area contributed by atoms with Crippen LogP contribution in [0.5, 0.6) is 0 Å². The third-order valence-corrected chi connectivity index (χ3v) is 4.96. The summed E-state index contributed by atoms with van der Waals surface area (Å²) in [5.41, 5.74) is 2.57. The highest BCUT2D eigenvalue weighted by Crippen LogP contribution is 2.38. The number of aryl methyl sites for hydroxylation is 1. The predicted molar refractivity (Wildman–Crippen MR) is 91.5 cm³/mol. The van der Waals surface area contributed by atoms with E-state index in [-0.39, 0.29) is 18.1 Å². The first-order valence-corrected chi connectivity index (χ1v) is 8.85. The standard InChI is InChI=1S/C19H28N2O2/c1-13-5-3-4-6-16(13)11-14(2)20-19(22)21-17-9-10-23-18(12-17)15-7-8-15/h3-6,14-15,17-18H,7-12H2,1-2H3,(H2,20,21,22). The number of benzene rings is 1. The van der Waals surface area contributed by atoms with Crippen LogP contribution in [-0.2, 0) is 11.2 Å². The van der Waals surface area contributed by atoms with Gasteiger partial charge in [0.15, 0.2) is 0 Å². The van der Waals surface area contributed by atoms with E-state index in [9.17, 15) is 4.79 Å². The second-order valence-electron chi connectivity index (χ2n) is 7.12. The minimum Gasteiger partial charge on any atom is -0.378 e. The van der Waals surface area contributed by atoms with Crippen molar-refractivity contribution >= 4 is 6.03 Å². The lowest BCUT2D eigenvalue weighted by molar-refractivity contribution is -0.00917. The fourth-order valence-corrected chi connectivity index (χ4v) is 3.43. The Hall–Kier alpha value is -1.55. The molecule has 2 aliphatic rings. The first-order valence-electron chi connectivity index (χ1n) is 8.85. The van der Waals surface area contributed by atoms with Crippen molar-refractivity contribution in [2.45, 2.75) is 64.1 Å². The Balaban J connectivity index is 1.44. The fourth-order valence-electron chi connectivity index (χ4n) is 3.43. The molecule has 1 heterocycles. The molecule has 126 valence electrons. The van der Waals surface area contributed by atoms with Crippen LogP contribution in [0.15, 0.2) is 24.3 Å². The number of carbonyl (C=O) groups is 1. The minimum absolute atomic E-state index is 0.0486. The minimum atomic E-state index is -0.0486. The van der Waals surface area contributed by atoms with Crippen LogP contribution in [0.25, 0.3) is 0 Å². The summed E-state index contributed by atoms with van der Waals surface area (Å²) in [6.07, 6.45) is 5.68. The lowest BCUT2D eigenvalue weighted by Gasteiger charge is -2.30. The molecule has 2 amide bonds. The van der Waals surface area contributed by atoms with Crippen LogP contribution in [0.4, 0.5) is 4.79 Å². The summed E-state index contributed by atoms with van der Waals surface area (Å²) >= 11 is 0. The van der Waals surface area contributed by atoms with Crippen LogP contribution in [0.3, 0.4) is 0 Å². The van der Waals surface area contributed by atoms with Gasteiger partial charge in [-0.25, -0.2) is 4.79 Å². The van der Waals surface area contributed by atoms with E-state index >= 15 is 0 Å². The Labute approximate surface area is 139 Å². The average molecular weight is 316 g/mol. The Kier molecular flexibility index (Phi) is 5.21. The maximum Gasteiger partial charge on any atom is 0.315 e. The zero-order valence-electron chi connectivity index (χ0n) is 14.2. The van der Waals surface area contributed by atoms with Gasteiger partial charge in [0.25, 0.3) is 0 Å². The Morgan fingerprint density at radius 1 is 1.30 bits per heavy atom. The molecule has 1 aromatic carbocycles. The normalized spacial score (nSPS) is 25.7. The second kappa shape index (κ2) is 7.35. The Morgan fingerprint density at radius 2 is 2.09 bits per heavy atom. The van der Waals surface area contributed by atoms with E-state index in [1.54, 1.807) is 0 Å². The highest BCUT2D eigenvalue weighted by molar-refractivity contribution is 5.74. The molecule has 1 saturated heterocycles. The maximum absolute atomic E-state index is 12.2. The van der Waals surface area contributed by atoms with Crippen molar-refractivity contribution in [2.75, 3.05) is 6.61 Å². The third kappa shape index (κ3) is 4.71. The molecule has 4 nitrogen and oxygen atoms in total. The van der Waals surface area contributed by atoms with Crippen molar-refractivity contribution in [3.63, 3.8) is 0 Å². The van der Waals surface area contributed by atoms with Crippen LogP contribution in [-0.4, -0.2) is 30.8 Å². The second-order valence-corrected chi connectivity index (χ2v) is 7.12. The molecule has 4 heteroatoms. The van der Waals surface area contributed by atoms with Gasteiger partial charge in [0, 0.05) is 18.7 Å². The fraction of sp³-hybridized carbons (Fsp3) is 0.632. The van der Waals surface area contributed by atoms with Crippen molar-refractivity contribution in [1.29, 1.82) is 0 Å². The summed E-state index contributed by atoms with van der Waals surface area (Å²) in [7, 11) is 0. The van der Waals surface area contributed by atoms with Crippen LogP contribution < -0.4 is 10.6 Å². The van der Waals surface area contributed by atoms with Gasteiger partial charge < -0.3 is 15.4 Å². The Bertz CT molecular complexity index is 542. The first kappa shape index (κ1) is 16.3. The van der Waals surface area contributed by atoms with Crippen LogP contribution >= 0.6 is 0 Å². The number of rotatable bonds is 5. The van der Waals surface area contributed by atoms with E-state index in [0.717, 1.165) is 31.8 Å². The lowest BCUT2D eigenvalue weighted by atomic mass is 10.00. The third-order valence-electron chi connectivity index (χ3n) is 4.96. The van der Waals surface area contributed by atoms with Crippen molar-refractivity contribution in [2.24, 2.45) is 5.92 Å². The molecule has 1 saturated carbocycles. The van der Waals surface area contributed by atoms with Gasteiger partial charge >= 0.3 is 6.03 Å². The molecule has 23 heavy (non-hydrogen) atoms. The van der Waals surface area contributed by atoms with Gasteiger partial charge in [-0.05, 0) is 63.0 Å². The monoisotopic (exact) mass is 316 g/mol. The highest BCUT2D eigenvalue weighted by atomic mass is 16.5. The molecule has 2 fully saturated rings. The number of urea groups is 1. The van der Waals surface area contributed by atoms with E-state index in [1.807, 2.05) is 6.07 Å². The van der Waals surface area contributed by atoms with Crippen molar-refractivity contribution in [1.82, 2.24) is 10.6 Å². The number of nitrogens with one attached hydrogen (secondary N) is 2. The molecule has 3 rings (SSSR count). The van der Waals surface area contributed by atoms with Crippen molar-refractivity contribution < 1.29 is 9.53 Å². The van der Waals surface area contributed by atoms with Gasteiger partial charge in [-0.2, -0.15) is 0 Å². The molecule has 0 radical (unpaired) electrons. The molecule has 0 bridgehead atoms. The number of hydrogen-bond acceptors (Lipinski definition) is 2. The highest BCUT2D eigenvalue weighted by Gasteiger charge is 2.36. The summed E-state index contributed by atoms with van der Waals surface area (Å²) < 4.78 is 5.82. The van der Waals surface area contributed by atoms with Crippen molar-refractivity contribution in [3.05, 3.63) is 35.4 Å². The molecular formula is C19H28N2O2. The van der Waals surface area contributed by atoms with E-state index < -0.39 is 0 Å². The molecular weight excluding hydrogens is 288 g/mol. The van der Waals surface area contributed by atoms with Gasteiger partial charge in [-0.1, -0.05) is 24.3 Å². The average Bonchev–Trinajstić information content (AvgIpc) is 3.34. The topological polar surface area (TPSA) is 50.4 Å². The largest absolute Gasteiger partial charge is 0.378 e. The van der Waals surface area contributed by atoms with Crippen LogP contribution in [0.1, 0.15) is 43.7 Å². The van der Waals surface area contributed by atoms with Crippen LogP contribution in [0, 0.1) is 12.8 Å².